The van der Waals surface area contributed by atoms with Crippen LogP contribution >= 0.6 is 15.9 Å². The van der Waals surface area contributed by atoms with E-state index in [0.717, 1.165) is 33.0 Å². The summed E-state index contributed by atoms with van der Waals surface area (Å²) in [7, 11) is 1.69. The zero-order chi connectivity index (χ0) is 12.6. The number of methoxy groups -OCH3 is 1. The number of rotatable bonds is 2. The van der Waals surface area contributed by atoms with E-state index in [4.69, 9.17) is 4.74 Å². The van der Waals surface area contributed by atoms with Gasteiger partial charge in [0, 0.05) is 5.56 Å². The van der Waals surface area contributed by atoms with Crippen molar-refractivity contribution in [1.82, 2.24) is 9.97 Å². The molecular formula is C13H15BrN2O. The molecule has 0 radical (unpaired) electrons. The van der Waals surface area contributed by atoms with Crippen molar-refractivity contribution >= 4 is 15.9 Å². The molecule has 4 heteroatoms. The quantitative estimate of drug-likeness (QED) is 0.915. The lowest BCUT2D eigenvalue weighted by atomic mass is 10.0. The van der Waals surface area contributed by atoms with Gasteiger partial charge in [-0.1, -0.05) is 0 Å². The third kappa shape index (κ3) is 2.09. The second-order valence-corrected chi connectivity index (χ2v) is 4.84. The molecule has 1 aromatic carbocycles. The Kier molecular flexibility index (Phi) is 3.24. The highest BCUT2D eigenvalue weighted by molar-refractivity contribution is 9.10. The third-order valence-electron chi connectivity index (χ3n) is 2.99. The van der Waals surface area contributed by atoms with Crippen molar-refractivity contribution in [3.8, 4) is 17.0 Å². The Morgan fingerprint density at radius 3 is 2.41 bits per heavy atom. The van der Waals surface area contributed by atoms with Crippen molar-refractivity contribution in [1.29, 1.82) is 0 Å². The molecule has 0 amide bonds. The molecule has 0 aliphatic carbocycles. The van der Waals surface area contributed by atoms with E-state index in [1.54, 1.807) is 7.11 Å². The number of nitrogens with one attached hydrogen (secondary N) is 1. The molecule has 2 aromatic rings. The molecule has 3 nitrogen and oxygen atoms in total. The first-order valence-corrected chi connectivity index (χ1v) is 6.20. The summed E-state index contributed by atoms with van der Waals surface area (Å²) in [5.41, 5.74) is 4.42. The van der Waals surface area contributed by atoms with Gasteiger partial charge in [-0.2, -0.15) is 0 Å². The van der Waals surface area contributed by atoms with Gasteiger partial charge in [0.1, 0.15) is 21.9 Å². The van der Waals surface area contributed by atoms with Crippen LogP contribution in [0.15, 0.2) is 16.7 Å². The summed E-state index contributed by atoms with van der Waals surface area (Å²) in [4.78, 5) is 7.65. The standard InChI is InChI=1S/C13H15BrN2O/c1-7-8(2)11(17-4)6-5-10(7)12-13(14)16-9(3)15-12/h5-6H,1-4H3,(H,15,16). The number of H-pyrrole nitrogens is 1. The Balaban J connectivity index is 2.61. The monoisotopic (exact) mass is 294 g/mol. The Labute approximate surface area is 109 Å². The van der Waals surface area contributed by atoms with E-state index in [2.05, 4.69) is 39.7 Å². The van der Waals surface area contributed by atoms with Gasteiger partial charge in [-0.05, 0) is 60.0 Å². The lowest BCUT2D eigenvalue weighted by Gasteiger charge is -2.11. The molecule has 0 spiro atoms. The van der Waals surface area contributed by atoms with Crippen LogP contribution in [0.3, 0.4) is 0 Å². The molecule has 0 atom stereocenters. The van der Waals surface area contributed by atoms with Gasteiger partial charge in [0.25, 0.3) is 0 Å². The fourth-order valence-electron chi connectivity index (χ4n) is 1.91. The predicted molar refractivity (Wildman–Crippen MR) is 72.5 cm³/mol. The first-order valence-electron chi connectivity index (χ1n) is 5.41. The number of aromatic amines is 1. The average Bonchev–Trinajstić information content (AvgIpc) is 2.62. The second kappa shape index (κ2) is 4.53. The zero-order valence-corrected chi connectivity index (χ0v) is 12.0. The smallest absolute Gasteiger partial charge is 0.122 e. The normalized spacial score (nSPS) is 10.6. The van der Waals surface area contributed by atoms with Crippen LogP contribution in [0.1, 0.15) is 17.0 Å². The van der Waals surface area contributed by atoms with E-state index in [1.165, 1.54) is 5.56 Å². The van der Waals surface area contributed by atoms with Gasteiger partial charge in [0.2, 0.25) is 0 Å². The van der Waals surface area contributed by atoms with Gasteiger partial charge in [-0.15, -0.1) is 0 Å². The lowest BCUT2D eigenvalue weighted by Crippen LogP contribution is -1.93. The maximum atomic E-state index is 5.31. The topological polar surface area (TPSA) is 37.9 Å². The minimum Gasteiger partial charge on any atom is -0.496 e. The largest absolute Gasteiger partial charge is 0.496 e. The number of benzene rings is 1. The van der Waals surface area contributed by atoms with E-state index in [0.29, 0.717) is 0 Å². The molecule has 17 heavy (non-hydrogen) atoms. The van der Waals surface area contributed by atoms with Crippen molar-refractivity contribution in [2.45, 2.75) is 20.8 Å². The average molecular weight is 295 g/mol. The van der Waals surface area contributed by atoms with Gasteiger partial charge in [0.15, 0.2) is 0 Å². The SMILES string of the molecule is COc1ccc(-c2nc(C)[nH]c2Br)c(C)c1C. The van der Waals surface area contributed by atoms with Crippen molar-refractivity contribution in [2.24, 2.45) is 0 Å². The van der Waals surface area contributed by atoms with Crippen LogP contribution in [0.2, 0.25) is 0 Å². The molecule has 0 unspecified atom stereocenters. The summed E-state index contributed by atoms with van der Waals surface area (Å²) >= 11 is 3.50. The summed E-state index contributed by atoms with van der Waals surface area (Å²) in [5, 5.41) is 0. The third-order valence-corrected chi connectivity index (χ3v) is 3.56. The van der Waals surface area contributed by atoms with Gasteiger partial charge in [-0.3, -0.25) is 0 Å². The van der Waals surface area contributed by atoms with Crippen LogP contribution in [0.4, 0.5) is 0 Å². The number of aromatic nitrogens is 2. The van der Waals surface area contributed by atoms with Crippen LogP contribution in [0.5, 0.6) is 5.75 Å². The van der Waals surface area contributed by atoms with E-state index >= 15 is 0 Å². The Morgan fingerprint density at radius 1 is 1.18 bits per heavy atom. The molecule has 1 heterocycles. The number of nitrogens with zero attached hydrogens (tertiary/aromatic N) is 1. The number of hydrogen-bond donors (Lipinski definition) is 1. The molecule has 1 aromatic heterocycles. The molecule has 1 N–H and O–H groups in total. The number of halogens is 1. The van der Waals surface area contributed by atoms with Crippen LogP contribution in [-0.2, 0) is 0 Å². The highest BCUT2D eigenvalue weighted by atomic mass is 79.9. The first-order chi connectivity index (χ1) is 8.04. The summed E-state index contributed by atoms with van der Waals surface area (Å²) in [6.07, 6.45) is 0. The van der Waals surface area contributed by atoms with Gasteiger partial charge in [-0.25, -0.2) is 4.98 Å². The van der Waals surface area contributed by atoms with Crippen molar-refractivity contribution < 1.29 is 4.74 Å². The van der Waals surface area contributed by atoms with E-state index < -0.39 is 0 Å². The minimum absolute atomic E-state index is 0.903. The molecule has 0 aliphatic rings. The highest BCUT2D eigenvalue weighted by Gasteiger charge is 2.13. The van der Waals surface area contributed by atoms with Gasteiger partial charge < -0.3 is 9.72 Å². The lowest BCUT2D eigenvalue weighted by molar-refractivity contribution is 0.411. The van der Waals surface area contributed by atoms with Crippen LogP contribution in [0, 0.1) is 20.8 Å². The van der Waals surface area contributed by atoms with Gasteiger partial charge >= 0.3 is 0 Å². The summed E-state index contributed by atoms with van der Waals surface area (Å²) < 4.78 is 6.23. The molecule has 2 rings (SSSR count). The second-order valence-electron chi connectivity index (χ2n) is 4.05. The predicted octanol–water partition coefficient (Wildman–Crippen LogP) is 3.77. The fraction of sp³-hybridized carbons (Fsp3) is 0.308. The van der Waals surface area contributed by atoms with Crippen LogP contribution in [0.25, 0.3) is 11.3 Å². The highest BCUT2D eigenvalue weighted by Crippen LogP contribution is 2.33. The molecule has 90 valence electrons. The van der Waals surface area contributed by atoms with Crippen LogP contribution < -0.4 is 4.74 Å². The fourth-order valence-corrected chi connectivity index (χ4v) is 2.50. The number of aryl methyl sites for hydroxylation is 1. The van der Waals surface area contributed by atoms with Crippen molar-refractivity contribution in [3.05, 3.63) is 33.7 Å². The number of hydrogen-bond acceptors (Lipinski definition) is 2. The molecule has 0 saturated heterocycles. The van der Waals surface area contributed by atoms with E-state index in [9.17, 15) is 0 Å². The maximum absolute atomic E-state index is 5.31. The Morgan fingerprint density at radius 2 is 1.88 bits per heavy atom. The first kappa shape index (κ1) is 12.2. The molecule has 0 fully saturated rings. The Bertz CT molecular complexity index is 561. The maximum Gasteiger partial charge on any atom is 0.122 e. The minimum atomic E-state index is 0.903. The number of ether oxygens (including phenoxy) is 1. The van der Waals surface area contributed by atoms with Gasteiger partial charge in [0.05, 0.1) is 7.11 Å². The molecular weight excluding hydrogens is 280 g/mol. The summed E-state index contributed by atoms with van der Waals surface area (Å²) in [6.45, 7) is 6.09. The van der Waals surface area contributed by atoms with Crippen molar-refractivity contribution in [2.75, 3.05) is 7.11 Å². The van der Waals surface area contributed by atoms with Crippen LogP contribution in [-0.4, -0.2) is 17.1 Å². The van der Waals surface area contributed by atoms with Crippen molar-refractivity contribution in [3.63, 3.8) is 0 Å². The number of imidazole rings is 1. The molecule has 0 saturated carbocycles. The summed E-state index contributed by atoms with van der Waals surface area (Å²) in [6, 6.07) is 4.02. The van der Waals surface area contributed by atoms with E-state index in [-0.39, 0.29) is 0 Å². The Hall–Kier alpha value is -1.29. The summed E-state index contributed by atoms with van der Waals surface area (Å²) in [5.74, 6) is 1.81. The molecule has 0 bridgehead atoms. The zero-order valence-electron chi connectivity index (χ0n) is 10.4. The molecule has 0 aliphatic heterocycles. The van der Waals surface area contributed by atoms with E-state index in [1.807, 2.05) is 19.1 Å².